The van der Waals surface area contributed by atoms with Crippen molar-refractivity contribution in [3.05, 3.63) is 34.7 Å². The summed E-state index contributed by atoms with van der Waals surface area (Å²) in [6.07, 6.45) is 9.03. The highest BCUT2D eigenvalue weighted by Crippen LogP contribution is 2.33. The van der Waals surface area contributed by atoms with Gasteiger partial charge in [0.15, 0.2) is 0 Å². The molecule has 1 amide bonds. The van der Waals surface area contributed by atoms with Crippen LogP contribution in [0.25, 0.3) is 6.08 Å². The number of carbonyl (C=O) groups excluding carboxylic acids is 1. The normalized spacial score (nSPS) is 15.3. The van der Waals surface area contributed by atoms with E-state index in [9.17, 15) is 9.59 Å². The summed E-state index contributed by atoms with van der Waals surface area (Å²) in [5.74, 6) is -1.15. The molecule has 1 heterocycles. The van der Waals surface area contributed by atoms with Crippen LogP contribution < -0.4 is 4.90 Å². The Morgan fingerprint density at radius 2 is 1.70 bits per heavy atom. The quantitative estimate of drug-likeness (QED) is 0.243. The SMILES string of the molecule is CCCCCN(CCCCC)c1ccc(/C=C2\SC(=S)N(CCC(=O)O)C2=O)cc1. The molecule has 0 spiro atoms. The number of thiocarbonyl (C=S) groups is 1. The molecule has 0 saturated carbocycles. The standard InChI is InChI=1S/C23H32N2O3S2/c1-3-5-7-14-24(15-8-6-4-2)19-11-9-18(10-12-19)17-20-22(28)25(23(29)30-20)16-13-21(26)27/h9-12,17H,3-8,13-16H2,1-2H3,(H,26,27)/b20-17-. The number of unbranched alkanes of at least 4 members (excludes halogenated alkanes) is 4. The van der Waals surface area contributed by atoms with Gasteiger partial charge >= 0.3 is 5.97 Å². The summed E-state index contributed by atoms with van der Waals surface area (Å²) in [6, 6.07) is 8.31. The summed E-state index contributed by atoms with van der Waals surface area (Å²) in [5, 5.41) is 8.85. The highest BCUT2D eigenvalue weighted by atomic mass is 32.2. The number of benzene rings is 1. The number of carboxylic acids is 1. The maximum absolute atomic E-state index is 12.5. The van der Waals surface area contributed by atoms with Crippen LogP contribution in [0, 0.1) is 0 Å². The number of anilines is 1. The summed E-state index contributed by atoms with van der Waals surface area (Å²) in [5.41, 5.74) is 2.16. The zero-order chi connectivity index (χ0) is 21.9. The molecule has 0 unspecified atom stereocenters. The first kappa shape index (κ1) is 24.4. The molecular weight excluding hydrogens is 416 g/mol. The van der Waals surface area contributed by atoms with Crippen molar-refractivity contribution < 1.29 is 14.7 Å². The third-order valence-corrected chi connectivity index (χ3v) is 6.42. The molecule has 0 aliphatic carbocycles. The minimum absolute atomic E-state index is 0.111. The molecule has 1 N–H and O–H groups in total. The number of amides is 1. The molecule has 1 aliphatic heterocycles. The van der Waals surface area contributed by atoms with Crippen LogP contribution in [0.1, 0.15) is 64.4 Å². The molecule has 2 rings (SSSR count). The third kappa shape index (κ3) is 7.43. The van der Waals surface area contributed by atoms with E-state index in [4.69, 9.17) is 17.3 Å². The minimum atomic E-state index is -0.939. The molecule has 0 aromatic heterocycles. The zero-order valence-electron chi connectivity index (χ0n) is 17.9. The van der Waals surface area contributed by atoms with E-state index < -0.39 is 5.97 Å². The summed E-state index contributed by atoms with van der Waals surface area (Å²) in [4.78, 5) is 27.7. The Hall–Kier alpha value is -1.86. The van der Waals surface area contributed by atoms with Crippen LogP contribution in [0.2, 0.25) is 0 Å². The van der Waals surface area contributed by atoms with E-state index >= 15 is 0 Å². The fourth-order valence-electron chi connectivity index (χ4n) is 3.31. The van der Waals surface area contributed by atoms with Crippen LogP contribution in [0.3, 0.4) is 0 Å². The lowest BCUT2D eigenvalue weighted by atomic mass is 10.1. The van der Waals surface area contributed by atoms with Gasteiger partial charge in [-0.05, 0) is 36.6 Å². The van der Waals surface area contributed by atoms with Crippen molar-refractivity contribution in [3.8, 4) is 0 Å². The second-order valence-electron chi connectivity index (χ2n) is 7.47. The Labute approximate surface area is 189 Å². The van der Waals surface area contributed by atoms with Crippen molar-refractivity contribution in [1.29, 1.82) is 0 Å². The number of hydrogen-bond acceptors (Lipinski definition) is 5. The monoisotopic (exact) mass is 448 g/mol. The van der Waals surface area contributed by atoms with E-state index in [0.717, 1.165) is 18.7 Å². The molecule has 164 valence electrons. The molecule has 1 fully saturated rings. The first-order valence-corrected chi connectivity index (χ1v) is 12.0. The van der Waals surface area contributed by atoms with E-state index in [0.29, 0.717) is 9.23 Å². The molecule has 5 nitrogen and oxygen atoms in total. The van der Waals surface area contributed by atoms with Crippen molar-refractivity contribution in [3.63, 3.8) is 0 Å². The van der Waals surface area contributed by atoms with Gasteiger partial charge in [0, 0.05) is 25.3 Å². The number of aliphatic carboxylic acids is 1. The Morgan fingerprint density at radius 1 is 1.10 bits per heavy atom. The number of thioether (sulfide) groups is 1. The summed E-state index contributed by atoms with van der Waals surface area (Å²) in [7, 11) is 0. The van der Waals surface area contributed by atoms with Crippen LogP contribution in [-0.2, 0) is 9.59 Å². The summed E-state index contributed by atoms with van der Waals surface area (Å²) < 4.78 is 0.419. The van der Waals surface area contributed by atoms with Gasteiger partial charge < -0.3 is 10.0 Å². The van der Waals surface area contributed by atoms with Crippen LogP contribution in [0.4, 0.5) is 5.69 Å². The van der Waals surface area contributed by atoms with Crippen LogP contribution in [0.15, 0.2) is 29.2 Å². The van der Waals surface area contributed by atoms with Crippen molar-refractivity contribution in [1.82, 2.24) is 4.90 Å². The maximum atomic E-state index is 12.5. The molecular formula is C23H32N2O3S2. The Morgan fingerprint density at radius 3 is 2.23 bits per heavy atom. The zero-order valence-corrected chi connectivity index (χ0v) is 19.6. The molecule has 1 aromatic rings. The van der Waals surface area contributed by atoms with Gasteiger partial charge in [0.2, 0.25) is 0 Å². The smallest absolute Gasteiger partial charge is 0.305 e. The minimum Gasteiger partial charge on any atom is -0.481 e. The highest BCUT2D eigenvalue weighted by molar-refractivity contribution is 8.26. The molecule has 1 aliphatic rings. The predicted molar refractivity (Wildman–Crippen MR) is 130 cm³/mol. The van der Waals surface area contributed by atoms with Crippen molar-refractivity contribution in [2.75, 3.05) is 24.5 Å². The van der Waals surface area contributed by atoms with Crippen molar-refractivity contribution in [2.24, 2.45) is 0 Å². The lowest BCUT2D eigenvalue weighted by molar-refractivity contribution is -0.137. The number of nitrogens with zero attached hydrogens (tertiary/aromatic N) is 2. The highest BCUT2D eigenvalue weighted by Gasteiger charge is 2.32. The third-order valence-electron chi connectivity index (χ3n) is 5.04. The van der Waals surface area contributed by atoms with Gasteiger partial charge in [0.1, 0.15) is 4.32 Å². The van der Waals surface area contributed by atoms with Gasteiger partial charge in [-0.3, -0.25) is 14.5 Å². The van der Waals surface area contributed by atoms with Crippen LogP contribution >= 0.6 is 24.0 Å². The molecule has 1 aromatic carbocycles. The van der Waals surface area contributed by atoms with E-state index in [1.165, 1.54) is 60.9 Å². The Kier molecular flexibility index (Phi) is 10.4. The number of rotatable bonds is 13. The maximum Gasteiger partial charge on any atom is 0.305 e. The van der Waals surface area contributed by atoms with E-state index in [2.05, 4.69) is 30.9 Å². The van der Waals surface area contributed by atoms with Crippen LogP contribution in [-0.4, -0.2) is 45.8 Å². The molecule has 7 heteroatoms. The largest absolute Gasteiger partial charge is 0.481 e. The molecule has 0 radical (unpaired) electrons. The molecule has 30 heavy (non-hydrogen) atoms. The van der Waals surface area contributed by atoms with Crippen molar-refractivity contribution in [2.45, 2.75) is 58.8 Å². The molecule has 1 saturated heterocycles. The molecule has 0 atom stereocenters. The van der Waals surface area contributed by atoms with Gasteiger partial charge in [-0.1, -0.05) is 75.6 Å². The predicted octanol–water partition coefficient (Wildman–Crippen LogP) is 5.55. The van der Waals surface area contributed by atoms with Gasteiger partial charge in [-0.25, -0.2) is 0 Å². The Balaban J connectivity index is 2.06. The average molecular weight is 449 g/mol. The lowest BCUT2D eigenvalue weighted by Gasteiger charge is -2.25. The Bertz CT molecular complexity index is 752. The van der Waals surface area contributed by atoms with Crippen LogP contribution in [0.5, 0.6) is 0 Å². The summed E-state index contributed by atoms with van der Waals surface area (Å²) in [6.45, 7) is 6.69. The second-order valence-corrected chi connectivity index (χ2v) is 9.15. The van der Waals surface area contributed by atoms with Gasteiger partial charge in [0.25, 0.3) is 5.91 Å². The first-order chi connectivity index (χ1) is 14.5. The molecule has 0 bridgehead atoms. The average Bonchev–Trinajstić information content (AvgIpc) is 2.98. The fourth-order valence-corrected chi connectivity index (χ4v) is 4.62. The van der Waals surface area contributed by atoms with Gasteiger partial charge in [-0.2, -0.15) is 0 Å². The lowest BCUT2D eigenvalue weighted by Crippen LogP contribution is -2.30. The van der Waals surface area contributed by atoms with Gasteiger partial charge in [0.05, 0.1) is 11.3 Å². The van der Waals surface area contributed by atoms with Crippen molar-refractivity contribution >= 4 is 51.9 Å². The van der Waals surface area contributed by atoms with E-state index in [1.807, 2.05) is 18.2 Å². The number of carbonyl (C=O) groups is 2. The van der Waals surface area contributed by atoms with E-state index in [1.54, 1.807) is 0 Å². The summed E-state index contributed by atoms with van der Waals surface area (Å²) >= 11 is 6.48. The van der Waals surface area contributed by atoms with Gasteiger partial charge in [-0.15, -0.1) is 0 Å². The first-order valence-electron chi connectivity index (χ1n) is 10.8. The fraction of sp³-hybridized carbons (Fsp3) is 0.522. The topological polar surface area (TPSA) is 60.9 Å². The number of carboxylic acid groups (broad SMARTS) is 1. The van der Waals surface area contributed by atoms with E-state index in [-0.39, 0.29) is 18.9 Å². The second kappa shape index (κ2) is 12.7. The number of hydrogen-bond donors (Lipinski definition) is 1.